The Bertz CT molecular complexity index is 959. The average Bonchev–Trinajstić information content (AvgIpc) is 2.75. The van der Waals surface area contributed by atoms with Crippen molar-refractivity contribution < 1.29 is 14.3 Å². The van der Waals surface area contributed by atoms with Gasteiger partial charge in [0.1, 0.15) is 5.75 Å². The van der Waals surface area contributed by atoms with Gasteiger partial charge in [-0.05, 0) is 36.4 Å². The van der Waals surface area contributed by atoms with E-state index in [1.165, 1.54) is 0 Å². The van der Waals surface area contributed by atoms with Crippen LogP contribution in [-0.2, 0) is 0 Å². The van der Waals surface area contributed by atoms with Gasteiger partial charge in [0.25, 0.3) is 5.91 Å². The zero-order chi connectivity index (χ0) is 19.9. The molecule has 0 radical (unpaired) electrons. The standard InChI is InChI=1S/C22H19ClN2O3/c1-28-17-13-11-16(12-14-17)22(27)25-21(20(26)15-7-3-2-4-8-15)24-19-10-6-5-9-18(19)23/h2-14,21,24H,1H3,(H,25,27). The molecule has 0 saturated heterocycles. The first-order chi connectivity index (χ1) is 13.6. The van der Waals surface area contributed by atoms with Crippen LogP contribution in [0.1, 0.15) is 20.7 Å². The number of carbonyl (C=O) groups excluding carboxylic acids is 2. The Morgan fingerprint density at radius 1 is 0.857 bits per heavy atom. The summed E-state index contributed by atoms with van der Waals surface area (Å²) in [5.74, 6) is -0.0264. The van der Waals surface area contributed by atoms with Gasteiger partial charge in [-0.1, -0.05) is 54.1 Å². The van der Waals surface area contributed by atoms with Crippen LogP contribution in [0.5, 0.6) is 5.75 Å². The summed E-state index contributed by atoms with van der Waals surface area (Å²) in [7, 11) is 1.55. The minimum atomic E-state index is -0.989. The van der Waals surface area contributed by atoms with Crippen LogP contribution < -0.4 is 15.4 Å². The van der Waals surface area contributed by atoms with E-state index in [1.807, 2.05) is 6.07 Å². The van der Waals surface area contributed by atoms with Crippen LogP contribution >= 0.6 is 11.6 Å². The maximum atomic E-state index is 13.0. The number of methoxy groups -OCH3 is 1. The molecule has 0 saturated carbocycles. The maximum Gasteiger partial charge on any atom is 0.253 e. The lowest BCUT2D eigenvalue weighted by Crippen LogP contribution is -2.46. The maximum absolute atomic E-state index is 13.0. The Balaban J connectivity index is 1.85. The van der Waals surface area contributed by atoms with Crippen LogP contribution in [0.15, 0.2) is 78.9 Å². The fourth-order valence-corrected chi connectivity index (χ4v) is 2.82. The van der Waals surface area contributed by atoms with Gasteiger partial charge >= 0.3 is 0 Å². The lowest BCUT2D eigenvalue weighted by Gasteiger charge is -2.21. The second kappa shape index (κ2) is 9.06. The molecule has 0 bridgehead atoms. The second-order valence-corrected chi connectivity index (χ2v) is 6.40. The number of anilines is 1. The Kier molecular flexibility index (Phi) is 6.29. The minimum absolute atomic E-state index is 0.276. The van der Waals surface area contributed by atoms with Crippen LogP contribution in [0.25, 0.3) is 0 Å². The Hall–Kier alpha value is -3.31. The van der Waals surface area contributed by atoms with E-state index in [-0.39, 0.29) is 5.78 Å². The third kappa shape index (κ3) is 4.69. The number of nitrogens with one attached hydrogen (secondary N) is 2. The van der Waals surface area contributed by atoms with E-state index in [4.69, 9.17) is 16.3 Å². The number of hydrogen-bond acceptors (Lipinski definition) is 4. The number of para-hydroxylation sites is 1. The van der Waals surface area contributed by atoms with Gasteiger partial charge in [0, 0.05) is 11.1 Å². The van der Waals surface area contributed by atoms with Crippen molar-refractivity contribution in [3.8, 4) is 5.75 Å². The van der Waals surface area contributed by atoms with E-state index >= 15 is 0 Å². The van der Waals surface area contributed by atoms with Crippen molar-refractivity contribution >= 4 is 29.0 Å². The largest absolute Gasteiger partial charge is 0.497 e. The molecule has 0 aliphatic rings. The molecule has 1 amide bonds. The Labute approximate surface area is 168 Å². The van der Waals surface area contributed by atoms with E-state index in [9.17, 15) is 9.59 Å². The van der Waals surface area contributed by atoms with Gasteiger partial charge in [-0.25, -0.2) is 0 Å². The van der Waals surface area contributed by atoms with E-state index in [0.29, 0.717) is 27.6 Å². The molecule has 0 aliphatic heterocycles. The average molecular weight is 395 g/mol. The van der Waals surface area contributed by atoms with Crippen LogP contribution in [0, 0.1) is 0 Å². The summed E-state index contributed by atoms with van der Waals surface area (Å²) in [4.78, 5) is 25.7. The van der Waals surface area contributed by atoms with Crippen LogP contribution in [0.4, 0.5) is 5.69 Å². The molecule has 0 heterocycles. The van der Waals surface area contributed by atoms with E-state index in [0.717, 1.165) is 0 Å². The number of Topliss-reactive ketones (excluding diaryl/α,β-unsaturated/α-hetero) is 1. The summed E-state index contributed by atoms with van der Waals surface area (Å²) in [5.41, 5.74) is 1.43. The number of ketones is 1. The number of benzene rings is 3. The SMILES string of the molecule is COc1ccc(C(=O)NC(Nc2ccccc2Cl)C(=O)c2ccccc2)cc1. The number of rotatable bonds is 7. The number of halogens is 1. The van der Waals surface area contributed by atoms with Gasteiger partial charge in [-0.2, -0.15) is 0 Å². The number of amides is 1. The van der Waals surface area contributed by atoms with Crippen molar-refractivity contribution in [2.24, 2.45) is 0 Å². The summed E-state index contributed by atoms with van der Waals surface area (Å²) in [5, 5.41) is 6.23. The molecule has 3 aromatic carbocycles. The van der Waals surface area contributed by atoms with Gasteiger partial charge < -0.3 is 15.4 Å². The molecule has 1 atom stereocenters. The van der Waals surface area contributed by atoms with E-state index in [1.54, 1.807) is 79.9 Å². The molecule has 2 N–H and O–H groups in total. The molecular formula is C22H19ClN2O3. The smallest absolute Gasteiger partial charge is 0.253 e. The fraction of sp³-hybridized carbons (Fsp3) is 0.0909. The van der Waals surface area contributed by atoms with Gasteiger partial charge in [0.05, 0.1) is 17.8 Å². The van der Waals surface area contributed by atoms with E-state index in [2.05, 4.69) is 10.6 Å². The molecule has 0 fully saturated rings. The quantitative estimate of drug-likeness (QED) is 0.460. The molecule has 3 aromatic rings. The second-order valence-electron chi connectivity index (χ2n) is 5.99. The van der Waals surface area contributed by atoms with Crippen LogP contribution in [0.3, 0.4) is 0 Å². The van der Waals surface area contributed by atoms with Gasteiger partial charge in [-0.3, -0.25) is 9.59 Å². The highest BCUT2D eigenvalue weighted by atomic mass is 35.5. The predicted molar refractivity (Wildman–Crippen MR) is 110 cm³/mol. The normalized spacial score (nSPS) is 11.4. The van der Waals surface area contributed by atoms with Gasteiger partial charge in [0.15, 0.2) is 6.17 Å². The van der Waals surface area contributed by atoms with Crippen LogP contribution in [-0.4, -0.2) is 25.0 Å². The Morgan fingerprint density at radius 2 is 1.50 bits per heavy atom. The van der Waals surface area contributed by atoms with Crippen molar-refractivity contribution in [1.29, 1.82) is 0 Å². The minimum Gasteiger partial charge on any atom is -0.497 e. The molecule has 1 unspecified atom stereocenters. The van der Waals surface area contributed by atoms with Gasteiger partial charge in [-0.15, -0.1) is 0 Å². The predicted octanol–water partition coefficient (Wildman–Crippen LogP) is 4.40. The van der Waals surface area contributed by atoms with Crippen molar-refractivity contribution in [3.05, 3.63) is 95.0 Å². The summed E-state index contributed by atoms with van der Waals surface area (Å²) in [6, 6.07) is 22.4. The summed E-state index contributed by atoms with van der Waals surface area (Å²) < 4.78 is 5.11. The van der Waals surface area contributed by atoms with Crippen molar-refractivity contribution in [3.63, 3.8) is 0 Å². The molecule has 142 valence electrons. The number of hydrogen-bond donors (Lipinski definition) is 2. The third-order valence-corrected chi connectivity index (χ3v) is 4.45. The summed E-state index contributed by atoms with van der Waals surface area (Å²) in [6.07, 6.45) is -0.989. The molecule has 6 heteroatoms. The topological polar surface area (TPSA) is 67.4 Å². The third-order valence-electron chi connectivity index (χ3n) is 4.12. The van der Waals surface area contributed by atoms with Crippen molar-refractivity contribution in [2.45, 2.75) is 6.17 Å². The van der Waals surface area contributed by atoms with Crippen LogP contribution in [0.2, 0.25) is 5.02 Å². The summed E-state index contributed by atoms with van der Waals surface area (Å²) >= 11 is 6.21. The number of ether oxygens (including phenoxy) is 1. The fourth-order valence-electron chi connectivity index (χ4n) is 2.63. The molecule has 3 rings (SSSR count). The zero-order valence-electron chi connectivity index (χ0n) is 15.2. The monoisotopic (exact) mass is 394 g/mol. The number of carbonyl (C=O) groups is 2. The highest BCUT2D eigenvalue weighted by Gasteiger charge is 2.23. The van der Waals surface area contributed by atoms with Gasteiger partial charge in [0.2, 0.25) is 5.78 Å². The molecule has 0 aromatic heterocycles. The van der Waals surface area contributed by atoms with Crippen molar-refractivity contribution in [2.75, 3.05) is 12.4 Å². The lowest BCUT2D eigenvalue weighted by atomic mass is 10.1. The highest BCUT2D eigenvalue weighted by molar-refractivity contribution is 6.33. The first kappa shape index (κ1) is 19.5. The van der Waals surface area contributed by atoms with Crippen molar-refractivity contribution in [1.82, 2.24) is 5.32 Å². The Morgan fingerprint density at radius 3 is 2.14 bits per heavy atom. The molecular weight excluding hydrogens is 376 g/mol. The van der Waals surface area contributed by atoms with E-state index < -0.39 is 12.1 Å². The first-order valence-corrected chi connectivity index (χ1v) is 9.01. The highest BCUT2D eigenvalue weighted by Crippen LogP contribution is 2.22. The molecule has 28 heavy (non-hydrogen) atoms. The molecule has 5 nitrogen and oxygen atoms in total. The summed E-state index contributed by atoms with van der Waals surface area (Å²) in [6.45, 7) is 0. The first-order valence-electron chi connectivity index (χ1n) is 8.64. The molecule has 0 aliphatic carbocycles. The zero-order valence-corrected chi connectivity index (χ0v) is 15.9. The lowest BCUT2D eigenvalue weighted by molar-refractivity contribution is 0.0869. The molecule has 0 spiro atoms.